The highest BCUT2D eigenvalue weighted by molar-refractivity contribution is 14.0. The summed E-state index contributed by atoms with van der Waals surface area (Å²) < 4.78 is 0. The van der Waals surface area contributed by atoms with Crippen molar-refractivity contribution < 1.29 is 0 Å². The van der Waals surface area contributed by atoms with Crippen LogP contribution in [-0.4, -0.2) is 69.1 Å². The van der Waals surface area contributed by atoms with Gasteiger partial charge in [-0.1, -0.05) is 29.8 Å². The van der Waals surface area contributed by atoms with E-state index in [1.54, 1.807) is 0 Å². The van der Waals surface area contributed by atoms with Crippen molar-refractivity contribution in [3.05, 3.63) is 35.4 Å². The lowest BCUT2D eigenvalue weighted by Crippen LogP contribution is -2.38. The SMILES string of the molecule is CN=C(NCCCN1CCCN(C)CC1)NCc1ccc(C)cc1.I. The predicted octanol–water partition coefficient (Wildman–Crippen LogP) is 2.31. The van der Waals surface area contributed by atoms with Crippen molar-refractivity contribution in [2.45, 2.75) is 26.3 Å². The van der Waals surface area contributed by atoms with Crippen LogP contribution in [0.2, 0.25) is 0 Å². The zero-order valence-corrected chi connectivity index (χ0v) is 18.3. The van der Waals surface area contributed by atoms with Crippen LogP contribution in [0.25, 0.3) is 0 Å². The van der Waals surface area contributed by atoms with Gasteiger partial charge in [0, 0.05) is 33.2 Å². The lowest BCUT2D eigenvalue weighted by Gasteiger charge is -2.20. The van der Waals surface area contributed by atoms with Gasteiger partial charge in [0.2, 0.25) is 0 Å². The molecule has 0 aliphatic carbocycles. The summed E-state index contributed by atoms with van der Waals surface area (Å²) in [6.45, 7) is 9.87. The fraction of sp³-hybridized carbons (Fsp3) is 0.632. The number of likely N-dealkylation sites (N-methyl/N-ethyl adjacent to an activating group) is 1. The predicted molar refractivity (Wildman–Crippen MR) is 118 cm³/mol. The van der Waals surface area contributed by atoms with E-state index in [9.17, 15) is 0 Å². The first-order valence-electron chi connectivity index (χ1n) is 9.08. The normalized spacial score (nSPS) is 16.8. The smallest absolute Gasteiger partial charge is 0.191 e. The molecular formula is C19H34IN5. The maximum atomic E-state index is 4.30. The van der Waals surface area contributed by atoms with E-state index in [1.807, 2.05) is 7.05 Å². The minimum Gasteiger partial charge on any atom is -0.356 e. The largest absolute Gasteiger partial charge is 0.356 e. The van der Waals surface area contributed by atoms with Crippen molar-refractivity contribution in [2.75, 3.05) is 53.4 Å². The Hall–Kier alpha value is -0.860. The molecule has 1 heterocycles. The van der Waals surface area contributed by atoms with Gasteiger partial charge in [0.25, 0.3) is 0 Å². The summed E-state index contributed by atoms with van der Waals surface area (Å²) in [6.07, 6.45) is 2.43. The molecule has 0 saturated carbocycles. The Labute approximate surface area is 170 Å². The molecule has 1 aliphatic heterocycles. The van der Waals surface area contributed by atoms with Gasteiger partial charge in [-0.05, 0) is 52.0 Å². The lowest BCUT2D eigenvalue weighted by molar-refractivity contribution is 0.274. The van der Waals surface area contributed by atoms with Gasteiger partial charge < -0.3 is 20.4 Å². The molecule has 2 rings (SSSR count). The van der Waals surface area contributed by atoms with Gasteiger partial charge in [-0.25, -0.2) is 0 Å². The highest BCUT2D eigenvalue weighted by Gasteiger charge is 2.11. The van der Waals surface area contributed by atoms with Crippen molar-refractivity contribution >= 4 is 29.9 Å². The van der Waals surface area contributed by atoms with E-state index in [2.05, 4.69) is 63.7 Å². The van der Waals surface area contributed by atoms with Crippen LogP contribution in [0.4, 0.5) is 0 Å². The van der Waals surface area contributed by atoms with Gasteiger partial charge in [0.1, 0.15) is 0 Å². The van der Waals surface area contributed by atoms with Crippen LogP contribution < -0.4 is 10.6 Å². The summed E-state index contributed by atoms with van der Waals surface area (Å²) in [5.41, 5.74) is 2.57. The van der Waals surface area contributed by atoms with Gasteiger partial charge in [-0.2, -0.15) is 0 Å². The van der Waals surface area contributed by atoms with Crippen LogP contribution in [-0.2, 0) is 6.54 Å². The van der Waals surface area contributed by atoms with E-state index in [-0.39, 0.29) is 24.0 Å². The third kappa shape index (κ3) is 8.87. The van der Waals surface area contributed by atoms with Crippen molar-refractivity contribution in [1.29, 1.82) is 0 Å². The van der Waals surface area contributed by atoms with E-state index in [1.165, 1.54) is 43.7 Å². The number of guanidine groups is 1. The fourth-order valence-corrected chi connectivity index (χ4v) is 2.95. The van der Waals surface area contributed by atoms with Crippen molar-refractivity contribution in [1.82, 2.24) is 20.4 Å². The fourth-order valence-electron chi connectivity index (χ4n) is 2.95. The molecule has 1 aliphatic rings. The summed E-state index contributed by atoms with van der Waals surface area (Å²) in [7, 11) is 4.05. The number of aliphatic imine (C=N–C) groups is 1. The summed E-state index contributed by atoms with van der Waals surface area (Å²) in [5, 5.41) is 6.79. The lowest BCUT2D eigenvalue weighted by atomic mass is 10.1. The molecule has 6 heteroatoms. The number of aryl methyl sites for hydroxylation is 1. The van der Waals surface area contributed by atoms with E-state index in [4.69, 9.17) is 0 Å². The van der Waals surface area contributed by atoms with Crippen molar-refractivity contribution in [3.8, 4) is 0 Å². The molecule has 2 N–H and O–H groups in total. The first kappa shape index (κ1) is 22.2. The average Bonchev–Trinajstić information content (AvgIpc) is 2.80. The van der Waals surface area contributed by atoms with Crippen LogP contribution in [0.3, 0.4) is 0 Å². The minimum atomic E-state index is 0. The van der Waals surface area contributed by atoms with E-state index >= 15 is 0 Å². The quantitative estimate of drug-likeness (QED) is 0.297. The maximum Gasteiger partial charge on any atom is 0.191 e. The number of halogens is 1. The Balaban J connectivity index is 0.00000312. The average molecular weight is 459 g/mol. The van der Waals surface area contributed by atoms with Crippen LogP contribution in [0.5, 0.6) is 0 Å². The summed E-state index contributed by atoms with van der Waals surface area (Å²) in [6, 6.07) is 8.61. The Kier molecular flexibility index (Phi) is 11.1. The van der Waals surface area contributed by atoms with Gasteiger partial charge >= 0.3 is 0 Å². The number of nitrogens with zero attached hydrogens (tertiary/aromatic N) is 3. The topological polar surface area (TPSA) is 42.9 Å². The van der Waals surface area contributed by atoms with Crippen molar-refractivity contribution in [3.63, 3.8) is 0 Å². The molecule has 25 heavy (non-hydrogen) atoms. The first-order chi connectivity index (χ1) is 11.7. The Morgan fingerprint density at radius 2 is 1.84 bits per heavy atom. The standard InChI is InChI=1S/C19H33N5.HI/c1-17-6-8-18(9-7-17)16-22-19(20-2)21-10-4-12-24-13-5-11-23(3)14-15-24;/h6-9H,4-5,10-16H2,1-3H3,(H2,20,21,22);1H. The highest BCUT2D eigenvalue weighted by Crippen LogP contribution is 2.03. The molecule has 1 fully saturated rings. The zero-order chi connectivity index (χ0) is 17.2. The van der Waals surface area contributed by atoms with Crippen LogP contribution in [0.1, 0.15) is 24.0 Å². The maximum absolute atomic E-state index is 4.30. The molecule has 1 aromatic carbocycles. The second-order valence-electron chi connectivity index (χ2n) is 6.69. The highest BCUT2D eigenvalue weighted by atomic mass is 127. The third-order valence-electron chi connectivity index (χ3n) is 4.56. The molecule has 0 spiro atoms. The second-order valence-corrected chi connectivity index (χ2v) is 6.69. The molecule has 1 saturated heterocycles. The molecule has 0 radical (unpaired) electrons. The molecule has 0 atom stereocenters. The molecular weight excluding hydrogens is 425 g/mol. The molecule has 142 valence electrons. The van der Waals surface area contributed by atoms with Gasteiger partial charge in [0.15, 0.2) is 5.96 Å². The van der Waals surface area contributed by atoms with Crippen molar-refractivity contribution in [2.24, 2.45) is 4.99 Å². The number of nitrogens with one attached hydrogen (secondary N) is 2. The second kappa shape index (κ2) is 12.5. The summed E-state index contributed by atoms with van der Waals surface area (Å²) in [4.78, 5) is 9.31. The van der Waals surface area contributed by atoms with Crippen LogP contribution in [0.15, 0.2) is 29.3 Å². The Morgan fingerprint density at radius 1 is 1.08 bits per heavy atom. The van der Waals surface area contributed by atoms with Gasteiger partial charge in [0.05, 0.1) is 0 Å². The molecule has 0 bridgehead atoms. The summed E-state index contributed by atoms with van der Waals surface area (Å²) in [5.74, 6) is 0.881. The first-order valence-corrected chi connectivity index (χ1v) is 9.08. The molecule has 0 aromatic heterocycles. The number of rotatable bonds is 6. The zero-order valence-electron chi connectivity index (χ0n) is 15.9. The van der Waals surface area contributed by atoms with E-state index < -0.39 is 0 Å². The minimum absolute atomic E-state index is 0. The number of hydrogen-bond acceptors (Lipinski definition) is 3. The Bertz CT molecular complexity index is 503. The van der Waals surface area contributed by atoms with E-state index in [0.717, 1.165) is 32.0 Å². The molecule has 0 unspecified atom stereocenters. The summed E-state index contributed by atoms with van der Waals surface area (Å²) >= 11 is 0. The van der Waals surface area contributed by atoms with Gasteiger partial charge in [-0.15, -0.1) is 24.0 Å². The molecule has 1 aromatic rings. The van der Waals surface area contributed by atoms with Gasteiger partial charge in [-0.3, -0.25) is 4.99 Å². The van der Waals surface area contributed by atoms with Crippen LogP contribution >= 0.6 is 24.0 Å². The number of hydrogen-bond donors (Lipinski definition) is 2. The molecule has 5 nitrogen and oxygen atoms in total. The van der Waals surface area contributed by atoms with E-state index in [0.29, 0.717) is 0 Å². The number of benzene rings is 1. The molecule has 0 amide bonds. The Morgan fingerprint density at radius 3 is 2.56 bits per heavy atom. The van der Waals surface area contributed by atoms with Crippen LogP contribution in [0, 0.1) is 6.92 Å². The third-order valence-corrected chi connectivity index (χ3v) is 4.56. The monoisotopic (exact) mass is 459 g/mol.